The van der Waals surface area contributed by atoms with Gasteiger partial charge in [0.05, 0.1) is 0 Å². The minimum absolute atomic E-state index is 0.204. The maximum Gasteiger partial charge on any atom is 0.257 e. The first-order chi connectivity index (χ1) is 8.25. The second-order valence-corrected chi connectivity index (χ2v) is 4.26. The molecular formula is C10H8N4OS2. The van der Waals surface area contributed by atoms with Crippen molar-refractivity contribution in [1.29, 1.82) is 0 Å². The molecule has 0 saturated heterocycles. The number of hydrogen-bond donors (Lipinski definition) is 2. The second kappa shape index (κ2) is 5.46. The van der Waals surface area contributed by atoms with Gasteiger partial charge in [0.25, 0.3) is 5.91 Å². The van der Waals surface area contributed by atoms with E-state index in [9.17, 15) is 4.79 Å². The molecule has 0 aliphatic carbocycles. The first-order valence-corrected chi connectivity index (χ1v) is 5.98. The molecule has 7 heteroatoms. The lowest BCUT2D eigenvalue weighted by molar-refractivity contribution is 0.0978. The molecule has 1 amide bonds. The first kappa shape index (κ1) is 11.6. The minimum Gasteiger partial charge on any atom is -0.307 e. The lowest BCUT2D eigenvalue weighted by Crippen LogP contribution is -2.34. The number of benzene rings is 1. The summed E-state index contributed by atoms with van der Waals surface area (Å²) in [7, 11) is 0. The third-order valence-electron chi connectivity index (χ3n) is 1.84. The molecule has 17 heavy (non-hydrogen) atoms. The molecule has 0 spiro atoms. The van der Waals surface area contributed by atoms with Gasteiger partial charge in [-0.1, -0.05) is 29.5 Å². The van der Waals surface area contributed by atoms with Crippen molar-refractivity contribution in [2.24, 2.45) is 0 Å². The van der Waals surface area contributed by atoms with Crippen LogP contribution in [-0.2, 0) is 0 Å². The zero-order chi connectivity index (χ0) is 12.1. The Morgan fingerprint density at radius 2 is 2.06 bits per heavy atom. The summed E-state index contributed by atoms with van der Waals surface area (Å²) in [5.74, 6) is -0.257. The number of rotatable bonds is 2. The van der Waals surface area contributed by atoms with E-state index in [0.717, 1.165) is 0 Å². The van der Waals surface area contributed by atoms with Gasteiger partial charge < -0.3 is 5.32 Å². The van der Waals surface area contributed by atoms with E-state index in [0.29, 0.717) is 10.7 Å². The zero-order valence-corrected chi connectivity index (χ0v) is 10.2. The Hall–Kier alpha value is -1.86. The Morgan fingerprint density at radius 3 is 2.71 bits per heavy atom. The number of nitrogens with one attached hydrogen (secondary N) is 2. The van der Waals surface area contributed by atoms with Gasteiger partial charge in [0, 0.05) is 5.56 Å². The Labute approximate surface area is 107 Å². The molecule has 0 aliphatic heterocycles. The highest BCUT2D eigenvalue weighted by Crippen LogP contribution is 2.07. The van der Waals surface area contributed by atoms with Gasteiger partial charge in [-0.3, -0.25) is 10.1 Å². The Balaban J connectivity index is 1.93. The standard InChI is InChI=1S/C10H8N4OS2/c15-8(7-4-2-1-3-5-7)12-9(16)13-10-14-11-6-17-10/h1-6H,(H2,12,13,14,15,16). The maximum absolute atomic E-state index is 11.7. The summed E-state index contributed by atoms with van der Waals surface area (Å²) in [6, 6.07) is 8.84. The minimum atomic E-state index is -0.257. The lowest BCUT2D eigenvalue weighted by atomic mass is 10.2. The van der Waals surface area contributed by atoms with Crippen LogP contribution in [0, 0.1) is 0 Å². The molecule has 5 nitrogen and oxygen atoms in total. The summed E-state index contributed by atoms with van der Waals surface area (Å²) in [6.07, 6.45) is 0. The summed E-state index contributed by atoms with van der Waals surface area (Å²) in [4.78, 5) is 11.7. The molecule has 0 bridgehead atoms. The highest BCUT2D eigenvalue weighted by atomic mass is 32.1. The summed E-state index contributed by atoms with van der Waals surface area (Å²) in [5, 5.41) is 13.5. The summed E-state index contributed by atoms with van der Waals surface area (Å²) in [5.41, 5.74) is 2.12. The van der Waals surface area contributed by atoms with Crippen molar-refractivity contribution in [3.8, 4) is 0 Å². The van der Waals surface area contributed by atoms with Gasteiger partial charge in [0.1, 0.15) is 5.51 Å². The number of anilines is 1. The molecule has 1 heterocycles. The number of hydrogen-bond acceptors (Lipinski definition) is 5. The van der Waals surface area contributed by atoms with Gasteiger partial charge in [-0.05, 0) is 24.4 Å². The van der Waals surface area contributed by atoms with Gasteiger partial charge in [-0.15, -0.1) is 10.2 Å². The van der Waals surface area contributed by atoms with Crippen molar-refractivity contribution < 1.29 is 4.79 Å². The Morgan fingerprint density at radius 1 is 1.29 bits per heavy atom. The van der Waals surface area contributed by atoms with Crippen LogP contribution in [0.3, 0.4) is 0 Å². The van der Waals surface area contributed by atoms with Crippen LogP contribution in [0.15, 0.2) is 35.8 Å². The van der Waals surface area contributed by atoms with E-state index in [4.69, 9.17) is 12.2 Å². The molecule has 0 radical (unpaired) electrons. The predicted molar refractivity (Wildman–Crippen MR) is 70.0 cm³/mol. The predicted octanol–water partition coefficient (Wildman–Crippen LogP) is 1.66. The van der Waals surface area contributed by atoms with E-state index in [2.05, 4.69) is 20.8 Å². The fourth-order valence-corrected chi connectivity index (χ4v) is 1.82. The third kappa shape index (κ3) is 3.30. The molecule has 1 aromatic heterocycles. The van der Waals surface area contributed by atoms with Crippen LogP contribution in [0.25, 0.3) is 0 Å². The number of carbonyl (C=O) groups is 1. The quantitative estimate of drug-likeness (QED) is 0.808. The van der Waals surface area contributed by atoms with Crippen molar-refractivity contribution in [3.63, 3.8) is 0 Å². The first-order valence-electron chi connectivity index (χ1n) is 4.69. The average Bonchev–Trinajstić information content (AvgIpc) is 2.82. The number of thiocarbonyl (C=S) groups is 1. The van der Waals surface area contributed by atoms with Crippen LogP contribution < -0.4 is 10.6 Å². The smallest absolute Gasteiger partial charge is 0.257 e. The monoisotopic (exact) mass is 264 g/mol. The van der Waals surface area contributed by atoms with Gasteiger partial charge in [-0.25, -0.2) is 0 Å². The largest absolute Gasteiger partial charge is 0.307 e. The van der Waals surface area contributed by atoms with Crippen LogP contribution in [0.1, 0.15) is 10.4 Å². The molecule has 0 saturated carbocycles. The normalized spacial score (nSPS) is 9.65. The molecule has 2 aromatic rings. The molecule has 2 rings (SSSR count). The van der Waals surface area contributed by atoms with Crippen LogP contribution >= 0.6 is 23.6 Å². The SMILES string of the molecule is O=C(NC(=S)Nc1nncs1)c1ccccc1. The highest BCUT2D eigenvalue weighted by molar-refractivity contribution is 7.80. The van der Waals surface area contributed by atoms with Crippen LogP contribution in [-0.4, -0.2) is 21.2 Å². The molecule has 0 unspecified atom stereocenters. The van der Waals surface area contributed by atoms with E-state index in [1.807, 2.05) is 6.07 Å². The van der Waals surface area contributed by atoms with E-state index < -0.39 is 0 Å². The maximum atomic E-state index is 11.7. The Bertz CT molecular complexity index is 512. The van der Waals surface area contributed by atoms with Crippen molar-refractivity contribution in [2.75, 3.05) is 5.32 Å². The summed E-state index contributed by atoms with van der Waals surface area (Å²) in [6.45, 7) is 0. The molecule has 0 aliphatic rings. The van der Waals surface area contributed by atoms with Crippen molar-refractivity contribution in [1.82, 2.24) is 15.5 Å². The fraction of sp³-hybridized carbons (Fsp3) is 0. The number of nitrogens with zero attached hydrogens (tertiary/aromatic N) is 2. The van der Waals surface area contributed by atoms with Crippen molar-refractivity contribution in [2.45, 2.75) is 0 Å². The van der Waals surface area contributed by atoms with E-state index in [1.54, 1.807) is 29.8 Å². The summed E-state index contributed by atoms with van der Waals surface area (Å²) >= 11 is 6.28. The third-order valence-corrected chi connectivity index (χ3v) is 2.65. The van der Waals surface area contributed by atoms with E-state index >= 15 is 0 Å². The molecule has 86 valence electrons. The highest BCUT2D eigenvalue weighted by Gasteiger charge is 2.07. The number of carbonyl (C=O) groups excluding carboxylic acids is 1. The van der Waals surface area contributed by atoms with Gasteiger partial charge in [-0.2, -0.15) is 0 Å². The zero-order valence-electron chi connectivity index (χ0n) is 8.58. The van der Waals surface area contributed by atoms with Crippen LogP contribution in [0.5, 0.6) is 0 Å². The molecule has 0 atom stereocenters. The Kier molecular flexibility index (Phi) is 3.73. The topological polar surface area (TPSA) is 66.9 Å². The molecular weight excluding hydrogens is 256 g/mol. The van der Waals surface area contributed by atoms with Gasteiger partial charge in [0.2, 0.25) is 5.13 Å². The van der Waals surface area contributed by atoms with Crippen molar-refractivity contribution in [3.05, 3.63) is 41.4 Å². The van der Waals surface area contributed by atoms with E-state index in [-0.39, 0.29) is 11.0 Å². The van der Waals surface area contributed by atoms with E-state index in [1.165, 1.54) is 11.3 Å². The van der Waals surface area contributed by atoms with Crippen LogP contribution in [0.4, 0.5) is 5.13 Å². The molecule has 2 N–H and O–H groups in total. The summed E-state index contributed by atoms with van der Waals surface area (Å²) < 4.78 is 0. The second-order valence-electron chi connectivity index (χ2n) is 3.02. The van der Waals surface area contributed by atoms with Gasteiger partial charge in [0.15, 0.2) is 5.11 Å². The van der Waals surface area contributed by atoms with Crippen molar-refractivity contribution >= 4 is 39.7 Å². The number of amides is 1. The lowest BCUT2D eigenvalue weighted by Gasteiger charge is -2.06. The molecule has 1 aromatic carbocycles. The fourth-order valence-electron chi connectivity index (χ4n) is 1.12. The molecule has 0 fully saturated rings. The average molecular weight is 264 g/mol. The van der Waals surface area contributed by atoms with Gasteiger partial charge >= 0.3 is 0 Å². The number of aromatic nitrogens is 2. The van der Waals surface area contributed by atoms with Crippen LogP contribution in [0.2, 0.25) is 0 Å².